The number of aliphatic hydroxyl groups excluding tert-OH is 1. The van der Waals surface area contributed by atoms with Crippen molar-refractivity contribution in [1.29, 1.82) is 0 Å². The maximum atomic E-state index is 13.5. The number of halogens is 2. The molecule has 1 aliphatic carbocycles. The van der Waals surface area contributed by atoms with Gasteiger partial charge < -0.3 is 9.63 Å². The zero-order valence-corrected chi connectivity index (χ0v) is 10.7. The average Bonchev–Trinajstić information content (AvgIpc) is 3.01. The molecule has 2 unspecified atom stereocenters. The summed E-state index contributed by atoms with van der Waals surface area (Å²) in [6, 6.07) is 3.39. The first kappa shape index (κ1) is 13.2. The summed E-state index contributed by atoms with van der Waals surface area (Å²) in [5.41, 5.74) is 0.311. The van der Waals surface area contributed by atoms with Gasteiger partial charge in [-0.3, -0.25) is 0 Å². The Balaban J connectivity index is 1.77. The van der Waals surface area contributed by atoms with Gasteiger partial charge in [-0.15, -0.1) is 0 Å². The summed E-state index contributed by atoms with van der Waals surface area (Å²) >= 11 is 0. The molecule has 0 spiro atoms. The van der Waals surface area contributed by atoms with Crippen LogP contribution in [0, 0.1) is 11.6 Å². The van der Waals surface area contributed by atoms with E-state index in [-0.39, 0.29) is 12.3 Å². The minimum absolute atomic E-state index is 0.130. The summed E-state index contributed by atoms with van der Waals surface area (Å²) in [4.78, 5) is 4.20. The molecule has 1 aromatic heterocycles. The Labute approximate surface area is 114 Å². The van der Waals surface area contributed by atoms with Crippen molar-refractivity contribution < 1.29 is 18.4 Å². The third-order valence-corrected chi connectivity index (χ3v) is 3.64. The quantitative estimate of drug-likeness (QED) is 0.938. The Hall–Kier alpha value is -1.82. The molecule has 1 fully saturated rings. The highest BCUT2D eigenvalue weighted by Crippen LogP contribution is 2.33. The van der Waals surface area contributed by atoms with Crippen LogP contribution in [-0.4, -0.2) is 21.4 Å². The van der Waals surface area contributed by atoms with Crippen LogP contribution in [0.4, 0.5) is 8.78 Å². The fraction of sp³-hybridized carbons (Fsp3) is 0.429. The fourth-order valence-electron chi connectivity index (χ4n) is 2.55. The van der Waals surface area contributed by atoms with Gasteiger partial charge in [0, 0.05) is 12.5 Å². The van der Waals surface area contributed by atoms with Crippen LogP contribution in [0.1, 0.15) is 42.5 Å². The van der Waals surface area contributed by atoms with Gasteiger partial charge in [0.2, 0.25) is 5.89 Å². The second-order valence-electron chi connectivity index (χ2n) is 5.07. The molecule has 0 amide bonds. The van der Waals surface area contributed by atoms with Crippen molar-refractivity contribution in [2.24, 2.45) is 0 Å². The molecular formula is C14H14F2N2O2. The number of hydrogen-bond donors (Lipinski definition) is 1. The number of hydrogen-bond acceptors (Lipinski definition) is 4. The summed E-state index contributed by atoms with van der Waals surface area (Å²) in [5.74, 6) is -0.641. The largest absolute Gasteiger partial charge is 0.392 e. The Bertz CT molecular complexity index is 615. The highest BCUT2D eigenvalue weighted by atomic mass is 19.1. The van der Waals surface area contributed by atoms with Crippen LogP contribution >= 0.6 is 0 Å². The van der Waals surface area contributed by atoms with E-state index in [1.54, 1.807) is 0 Å². The predicted molar refractivity (Wildman–Crippen MR) is 66.1 cm³/mol. The van der Waals surface area contributed by atoms with Gasteiger partial charge in [-0.25, -0.2) is 8.78 Å². The molecule has 1 aromatic carbocycles. The highest BCUT2D eigenvalue weighted by molar-refractivity contribution is 5.21. The lowest BCUT2D eigenvalue weighted by Gasteiger charge is -2.07. The van der Waals surface area contributed by atoms with Gasteiger partial charge in [0.05, 0.1) is 12.0 Å². The van der Waals surface area contributed by atoms with E-state index in [0.717, 1.165) is 25.3 Å². The van der Waals surface area contributed by atoms with Crippen molar-refractivity contribution in [3.05, 3.63) is 47.1 Å². The van der Waals surface area contributed by atoms with Crippen LogP contribution in [0.3, 0.4) is 0 Å². The first-order chi connectivity index (χ1) is 9.63. The molecule has 1 N–H and O–H groups in total. The molecule has 4 nitrogen and oxygen atoms in total. The highest BCUT2D eigenvalue weighted by Gasteiger charge is 2.31. The van der Waals surface area contributed by atoms with Crippen molar-refractivity contribution in [2.45, 2.75) is 37.7 Å². The predicted octanol–water partition coefficient (Wildman–Crippen LogP) is 2.57. The first-order valence-electron chi connectivity index (χ1n) is 6.58. The van der Waals surface area contributed by atoms with Crippen molar-refractivity contribution >= 4 is 0 Å². The molecule has 1 aliphatic rings. The first-order valence-corrected chi connectivity index (χ1v) is 6.58. The molecule has 106 valence electrons. The van der Waals surface area contributed by atoms with Gasteiger partial charge in [0.15, 0.2) is 5.82 Å². The lowest BCUT2D eigenvalue weighted by molar-refractivity contribution is 0.148. The summed E-state index contributed by atoms with van der Waals surface area (Å²) in [6.45, 7) is 0. The maximum Gasteiger partial charge on any atom is 0.232 e. The second-order valence-corrected chi connectivity index (χ2v) is 5.07. The minimum atomic E-state index is -0.628. The van der Waals surface area contributed by atoms with Crippen LogP contribution in [0.5, 0.6) is 0 Å². The van der Waals surface area contributed by atoms with E-state index in [2.05, 4.69) is 10.1 Å². The zero-order valence-electron chi connectivity index (χ0n) is 10.7. The van der Waals surface area contributed by atoms with Gasteiger partial charge in [-0.1, -0.05) is 11.2 Å². The molecule has 0 radical (unpaired) electrons. The maximum absolute atomic E-state index is 13.5. The summed E-state index contributed by atoms with van der Waals surface area (Å²) in [6.07, 6.45) is 2.16. The molecule has 1 heterocycles. The Morgan fingerprint density at radius 3 is 2.85 bits per heavy atom. The van der Waals surface area contributed by atoms with Crippen molar-refractivity contribution in [1.82, 2.24) is 10.1 Å². The van der Waals surface area contributed by atoms with E-state index in [1.165, 1.54) is 12.1 Å². The lowest BCUT2D eigenvalue weighted by Crippen LogP contribution is -2.11. The summed E-state index contributed by atoms with van der Waals surface area (Å²) in [7, 11) is 0. The molecule has 20 heavy (non-hydrogen) atoms. The van der Waals surface area contributed by atoms with E-state index in [1.807, 2.05) is 0 Å². The minimum Gasteiger partial charge on any atom is -0.392 e. The molecule has 0 aliphatic heterocycles. The number of aliphatic hydroxyl groups is 1. The molecule has 6 heteroatoms. The number of aromatic nitrogens is 2. The number of rotatable bonds is 3. The van der Waals surface area contributed by atoms with E-state index in [9.17, 15) is 13.9 Å². The molecule has 0 saturated heterocycles. The van der Waals surface area contributed by atoms with Gasteiger partial charge >= 0.3 is 0 Å². The van der Waals surface area contributed by atoms with E-state index < -0.39 is 17.7 Å². The lowest BCUT2D eigenvalue weighted by atomic mass is 10.1. The van der Waals surface area contributed by atoms with Gasteiger partial charge in [0.25, 0.3) is 0 Å². The topological polar surface area (TPSA) is 59.2 Å². The number of benzene rings is 1. The van der Waals surface area contributed by atoms with Crippen molar-refractivity contribution in [2.75, 3.05) is 0 Å². The fourth-order valence-corrected chi connectivity index (χ4v) is 2.55. The average molecular weight is 280 g/mol. The third kappa shape index (κ3) is 2.56. The Morgan fingerprint density at radius 1 is 1.30 bits per heavy atom. The number of nitrogens with zero attached hydrogens (tertiary/aromatic N) is 2. The van der Waals surface area contributed by atoms with Gasteiger partial charge in [-0.05, 0) is 30.9 Å². The van der Waals surface area contributed by atoms with Gasteiger partial charge in [0.1, 0.15) is 11.6 Å². The SMILES string of the molecule is OC1CCCC1c1nc(Cc2ccc(F)cc2F)no1. The molecular weight excluding hydrogens is 266 g/mol. The van der Waals surface area contributed by atoms with Crippen molar-refractivity contribution in [3.8, 4) is 0 Å². The molecule has 2 aromatic rings. The summed E-state index contributed by atoms with van der Waals surface area (Å²) < 4.78 is 31.5. The molecule has 0 bridgehead atoms. The third-order valence-electron chi connectivity index (χ3n) is 3.64. The Kier molecular flexibility index (Phi) is 3.48. The van der Waals surface area contributed by atoms with Crippen LogP contribution in [0.15, 0.2) is 22.7 Å². The smallest absolute Gasteiger partial charge is 0.232 e. The van der Waals surface area contributed by atoms with Crippen LogP contribution < -0.4 is 0 Å². The second kappa shape index (κ2) is 5.28. The molecule has 1 saturated carbocycles. The van der Waals surface area contributed by atoms with Crippen LogP contribution in [0.2, 0.25) is 0 Å². The van der Waals surface area contributed by atoms with E-state index in [4.69, 9.17) is 4.52 Å². The zero-order chi connectivity index (χ0) is 14.1. The normalized spacial score (nSPS) is 22.4. The molecule has 3 rings (SSSR count). The van der Waals surface area contributed by atoms with E-state index >= 15 is 0 Å². The van der Waals surface area contributed by atoms with Crippen molar-refractivity contribution in [3.63, 3.8) is 0 Å². The monoisotopic (exact) mass is 280 g/mol. The molecule has 2 atom stereocenters. The Morgan fingerprint density at radius 2 is 2.15 bits per heavy atom. The van der Waals surface area contributed by atoms with Gasteiger partial charge in [-0.2, -0.15) is 4.98 Å². The standard InChI is InChI=1S/C14H14F2N2O2/c15-9-5-4-8(11(16)7-9)6-13-17-14(20-18-13)10-2-1-3-12(10)19/h4-5,7,10,12,19H,1-3,6H2. The van der Waals surface area contributed by atoms with E-state index in [0.29, 0.717) is 17.3 Å². The van der Waals surface area contributed by atoms with Crippen LogP contribution in [-0.2, 0) is 6.42 Å². The summed E-state index contributed by atoms with van der Waals surface area (Å²) in [5, 5.41) is 13.6. The van der Waals surface area contributed by atoms with Crippen LogP contribution in [0.25, 0.3) is 0 Å².